The van der Waals surface area contributed by atoms with Crippen LogP contribution in [0, 0.1) is 6.92 Å². The van der Waals surface area contributed by atoms with Gasteiger partial charge in [-0.05, 0) is 24.3 Å². The van der Waals surface area contributed by atoms with E-state index in [-0.39, 0.29) is 5.56 Å². The van der Waals surface area contributed by atoms with E-state index in [1.165, 1.54) is 10.9 Å². The Morgan fingerprint density at radius 1 is 1.14 bits per heavy atom. The van der Waals surface area contributed by atoms with Crippen molar-refractivity contribution in [3.05, 3.63) is 53.7 Å². The van der Waals surface area contributed by atoms with Gasteiger partial charge in [-0.1, -0.05) is 30.3 Å². The first-order chi connectivity index (χ1) is 10.1. The topological polar surface area (TPSA) is 93.8 Å². The Balaban J connectivity index is 1.97. The van der Waals surface area contributed by atoms with Crippen molar-refractivity contribution in [1.82, 2.24) is 25.2 Å². The zero-order chi connectivity index (χ0) is 14.8. The molecule has 104 valence electrons. The zero-order valence-electron chi connectivity index (χ0n) is 11.1. The van der Waals surface area contributed by atoms with Crippen molar-refractivity contribution >= 4 is 5.97 Å². The number of tetrazole rings is 1. The van der Waals surface area contributed by atoms with E-state index in [9.17, 15) is 4.79 Å². The van der Waals surface area contributed by atoms with Crippen molar-refractivity contribution in [2.24, 2.45) is 0 Å². The van der Waals surface area contributed by atoms with Crippen LogP contribution in [0.15, 0.2) is 42.5 Å². The normalized spacial score (nSPS) is 10.5. The molecule has 0 unspecified atom stereocenters. The predicted molar refractivity (Wildman–Crippen MR) is 74.1 cm³/mol. The summed E-state index contributed by atoms with van der Waals surface area (Å²) in [5, 5.41) is 21.2. The molecule has 21 heavy (non-hydrogen) atoms. The molecule has 0 radical (unpaired) electrons. The van der Waals surface area contributed by atoms with E-state index in [0.717, 1.165) is 5.56 Å². The molecule has 0 saturated heterocycles. The van der Waals surface area contributed by atoms with Crippen molar-refractivity contribution < 1.29 is 9.90 Å². The first-order valence-corrected chi connectivity index (χ1v) is 6.22. The molecule has 0 spiro atoms. The number of benzene rings is 1. The fourth-order valence-corrected chi connectivity index (χ4v) is 1.90. The maximum Gasteiger partial charge on any atom is 0.337 e. The molecule has 0 aliphatic carbocycles. The summed E-state index contributed by atoms with van der Waals surface area (Å²) in [5.41, 5.74) is 1.41. The Morgan fingerprint density at radius 3 is 2.57 bits per heavy atom. The first-order valence-electron chi connectivity index (χ1n) is 6.22. The second-order valence-corrected chi connectivity index (χ2v) is 4.38. The number of hydrogen-bond donors (Lipinski definition) is 1. The van der Waals surface area contributed by atoms with Gasteiger partial charge in [0.25, 0.3) is 0 Å². The van der Waals surface area contributed by atoms with Gasteiger partial charge in [-0.15, -0.1) is 15.0 Å². The monoisotopic (exact) mass is 281 g/mol. The van der Waals surface area contributed by atoms with Gasteiger partial charge < -0.3 is 5.11 Å². The maximum absolute atomic E-state index is 11.0. The highest BCUT2D eigenvalue weighted by Gasteiger charge is 2.12. The van der Waals surface area contributed by atoms with E-state index in [1.807, 2.05) is 30.3 Å². The van der Waals surface area contributed by atoms with Crippen molar-refractivity contribution in [3.8, 4) is 17.2 Å². The van der Waals surface area contributed by atoms with Crippen LogP contribution in [0.5, 0.6) is 0 Å². The highest BCUT2D eigenvalue weighted by molar-refractivity contribution is 5.88. The van der Waals surface area contributed by atoms with Crippen molar-refractivity contribution in [3.63, 3.8) is 0 Å². The van der Waals surface area contributed by atoms with Crippen LogP contribution in [-0.4, -0.2) is 36.3 Å². The number of nitrogens with zero attached hydrogens (tertiary/aromatic N) is 5. The summed E-state index contributed by atoms with van der Waals surface area (Å²) in [5.74, 6) is -0.104. The van der Waals surface area contributed by atoms with Crippen molar-refractivity contribution in [2.75, 3.05) is 0 Å². The molecule has 2 heterocycles. The van der Waals surface area contributed by atoms with E-state index < -0.39 is 5.97 Å². The molecule has 0 bridgehead atoms. The largest absolute Gasteiger partial charge is 0.478 e. The second kappa shape index (κ2) is 5.12. The third-order valence-corrected chi connectivity index (χ3v) is 2.95. The van der Waals surface area contributed by atoms with E-state index in [0.29, 0.717) is 17.3 Å². The van der Waals surface area contributed by atoms with Crippen LogP contribution in [0.2, 0.25) is 0 Å². The number of aromatic carboxylic acids is 1. The van der Waals surface area contributed by atoms with Crippen LogP contribution in [0.4, 0.5) is 0 Å². The second-order valence-electron chi connectivity index (χ2n) is 4.38. The van der Waals surface area contributed by atoms with Crippen LogP contribution in [0.1, 0.15) is 16.1 Å². The third kappa shape index (κ3) is 2.48. The van der Waals surface area contributed by atoms with Gasteiger partial charge in [0.05, 0.1) is 11.3 Å². The fraction of sp³-hybridized carbons (Fsp3) is 0.0714. The minimum Gasteiger partial charge on any atom is -0.478 e. The van der Waals surface area contributed by atoms with Crippen LogP contribution in [0.3, 0.4) is 0 Å². The zero-order valence-corrected chi connectivity index (χ0v) is 11.1. The lowest BCUT2D eigenvalue weighted by atomic mass is 10.2. The van der Waals surface area contributed by atoms with Gasteiger partial charge in [0.2, 0.25) is 5.82 Å². The van der Waals surface area contributed by atoms with Crippen molar-refractivity contribution in [2.45, 2.75) is 6.92 Å². The molecule has 3 aromatic rings. The molecule has 0 fully saturated rings. The summed E-state index contributed by atoms with van der Waals surface area (Å²) in [6.45, 7) is 1.63. The molecule has 0 aliphatic rings. The summed E-state index contributed by atoms with van der Waals surface area (Å²) >= 11 is 0. The number of carbonyl (C=O) groups is 1. The van der Waals surface area contributed by atoms with Gasteiger partial charge in [-0.2, -0.15) is 0 Å². The van der Waals surface area contributed by atoms with Crippen LogP contribution < -0.4 is 0 Å². The quantitative estimate of drug-likeness (QED) is 0.785. The Bertz CT molecular complexity index is 798. The molecular formula is C14H11N5O2. The summed E-state index contributed by atoms with van der Waals surface area (Å²) in [4.78, 5) is 16.4. The highest BCUT2D eigenvalue weighted by Crippen LogP contribution is 2.14. The molecule has 2 aromatic heterocycles. The average molecular weight is 281 g/mol. The molecule has 7 nitrogen and oxygen atoms in total. The number of pyridine rings is 1. The summed E-state index contributed by atoms with van der Waals surface area (Å²) < 4.78 is 0. The molecular weight excluding hydrogens is 270 g/mol. The number of hydrogen-bond acceptors (Lipinski definition) is 5. The van der Waals surface area contributed by atoms with Gasteiger partial charge in [-0.25, -0.2) is 9.78 Å². The smallest absolute Gasteiger partial charge is 0.337 e. The summed E-state index contributed by atoms with van der Waals surface area (Å²) in [6, 6.07) is 12.5. The lowest BCUT2D eigenvalue weighted by Crippen LogP contribution is -2.07. The maximum atomic E-state index is 11.0. The fourth-order valence-electron chi connectivity index (χ4n) is 1.90. The van der Waals surface area contributed by atoms with E-state index in [1.54, 1.807) is 13.0 Å². The first kappa shape index (κ1) is 12.9. The van der Waals surface area contributed by atoms with Gasteiger partial charge in [0.1, 0.15) is 0 Å². The number of aryl methyl sites for hydroxylation is 1. The third-order valence-electron chi connectivity index (χ3n) is 2.95. The lowest BCUT2D eigenvalue weighted by Gasteiger charge is -2.02. The lowest BCUT2D eigenvalue weighted by molar-refractivity contribution is 0.0695. The summed E-state index contributed by atoms with van der Waals surface area (Å²) in [6.07, 6.45) is 0. The van der Waals surface area contributed by atoms with Crippen LogP contribution >= 0.6 is 0 Å². The molecule has 1 aromatic carbocycles. The standard InChI is InChI=1S/C14H11N5O2/c1-9-11(14(20)21)7-8-12(15-9)19-17-13(16-18-19)10-5-3-2-4-6-10/h2-8H,1H3,(H,20,21). The number of carboxylic acids is 1. The molecule has 7 heteroatoms. The van der Waals surface area contributed by atoms with Gasteiger partial charge in [0, 0.05) is 5.56 Å². The minimum atomic E-state index is -1.01. The van der Waals surface area contributed by atoms with E-state index >= 15 is 0 Å². The summed E-state index contributed by atoms with van der Waals surface area (Å²) in [7, 11) is 0. The average Bonchev–Trinajstić information content (AvgIpc) is 2.97. The number of rotatable bonds is 3. The SMILES string of the molecule is Cc1nc(-n2nnc(-c3ccccc3)n2)ccc1C(=O)O. The van der Waals surface area contributed by atoms with E-state index in [2.05, 4.69) is 20.4 Å². The Hall–Kier alpha value is -3.09. The minimum absolute atomic E-state index is 0.155. The molecule has 0 atom stereocenters. The van der Waals surface area contributed by atoms with E-state index in [4.69, 9.17) is 5.11 Å². The highest BCUT2D eigenvalue weighted by atomic mass is 16.4. The Labute approximate surface area is 119 Å². The number of carboxylic acid groups (broad SMARTS) is 1. The van der Waals surface area contributed by atoms with Crippen LogP contribution in [0.25, 0.3) is 17.2 Å². The molecule has 0 amide bonds. The number of aromatic nitrogens is 5. The van der Waals surface area contributed by atoms with Crippen LogP contribution in [-0.2, 0) is 0 Å². The Morgan fingerprint density at radius 2 is 1.90 bits per heavy atom. The van der Waals surface area contributed by atoms with Gasteiger partial charge in [-0.3, -0.25) is 0 Å². The predicted octanol–water partition coefficient (Wildman–Crippen LogP) is 1.73. The van der Waals surface area contributed by atoms with Gasteiger partial charge in [0.15, 0.2) is 5.82 Å². The molecule has 3 rings (SSSR count). The molecule has 1 N–H and O–H groups in total. The Kier molecular flexibility index (Phi) is 3.15. The molecule has 0 saturated carbocycles. The van der Waals surface area contributed by atoms with Gasteiger partial charge >= 0.3 is 5.97 Å². The van der Waals surface area contributed by atoms with Crippen molar-refractivity contribution in [1.29, 1.82) is 0 Å². The molecule has 0 aliphatic heterocycles.